The van der Waals surface area contributed by atoms with Gasteiger partial charge in [-0.3, -0.25) is 9.48 Å². The summed E-state index contributed by atoms with van der Waals surface area (Å²) in [5.41, 5.74) is 2.51. The number of rotatable bonds is 5. The molecule has 3 rings (SSSR count). The van der Waals surface area contributed by atoms with E-state index < -0.39 is 0 Å². The zero-order chi connectivity index (χ0) is 17.1. The van der Waals surface area contributed by atoms with Gasteiger partial charge in [-0.15, -0.1) is 0 Å². The summed E-state index contributed by atoms with van der Waals surface area (Å²) >= 11 is 6.15. The monoisotopic (exact) mass is 346 g/mol. The Morgan fingerprint density at radius 2 is 2.12 bits per heavy atom. The maximum absolute atomic E-state index is 12.3. The Morgan fingerprint density at radius 3 is 2.79 bits per heavy atom. The van der Waals surface area contributed by atoms with Crippen molar-refractivity contribution in [3.63, 3.8) is 0 Å². The lowest BCUT2D eigenvalue weighted by Gasteiger charge is -2.16. The summed E-state index contributed by atoms with van der Waals surface area (Å²) < 4.78 is 1.54. The van der Waals surface area contributed by atoms with Crippen LogP contribution in [-0.4, -0.2) is 46.8 Å². The van der Waals surface area contributed by atoms with Gasteiger partial charge in [-0.25, -0.2) is 0 Å². The van der Waals surface area contributed by atoms with Crippen molar-refractivity contribution >= 4 is 17.5 Å². The van der Waals surface area contributed by atoms with E-state index >= 15 is 0 Å². The van der Waals surface area contributed by atoms with E-state index in [1.54, 1.807) is 14.0 Å². The van der Waals surface area contributed by atoms with E-state index in [0.717, 1.165) is 19.6 Å². The van der Waals surface area contributed by atoms with Gasteiger partial charge in [0.2, 0.25) is 0 Å². The second-order valence-electron chi connectivity index (χ2n) is 6.32. The first-order chi connectivity index (χ1) is 11.6. The van der Waals surface area contributed by atoms with Crippen LogP contribution in [0.3, 0.4) is 0 Å². The number of amides is 1. The predicted octanol–water partition coefficient (Wildman–Crippen LogP) is 2.60. The molecule has 1 unspecified atom stereocenters. The molecule has 1 amide bonds. The van der Waals surface area contributed by atoms with Crippen molar-refractivity contribution in [1.82, 2.24) is 20.0 Å². The SMILES string of the molecule is Cc1nn(C)c(C(=O)NCCN2CCC(c3ccccc3)C2)c1Cl. The highest BCUT2D eigenvalue weighted by molar-refractivity contribution is 6.34. The van der Waals surface area contributed by atoms with Gasteiger partial charge in [0.05, 0.1) is 10.7 Å². The third-order valence-electron chi connectivity index (χ3n) is 4.62. The molecule has 0 aliphatic carbocycles. The topological polar surface area (TPSA) is 50.2 Å². The molecule has 1 aromatic heterocycles. The molecule has 1 N–H and O–H groups in total. The van der Waals surface area contributed by atoms with Crippen molar-refractivity contribution in [1.29, 1.82) is 0 Å². The first kappa shape index (κ1) is 17.0. The molecule has 5 nitrogen and oxygen atoms in total. The van der Waals surface area contributed by atoms with Gasteiger partial charge in [0.15, 0.2) is 0 Å². The van der Waals surface area contributed by atoms with Crippen LogP contribution in [0.25, 0.3) is 0 Å². The Balaban J connectivity index is 1.48. The van der Waals surface area contributed by atoms with Crippen LogP contribution in [0, 0.1) is 6.92 Å². The van der Waals surface area contributed by atoms with Gasteiger partial charge in [0.1, 0.15) is 5.69 Å². The number of aromatic nitrogens is 2. The van der Waals surface area contributed by atoms with Crippen LogP contribution in [0.4, 0.5) is 0 Å². The number of nitrogens with zero attached hydrogens (tertiary/aromatic N) is 3. The van der Waals surface area contributed by atoms with Crippen molar-refractivity contribution in [3.8, 4) is 0 Å². The lowest BCUT2D eigenvalue weighted by molar-refractivity contribution is 0.0940. The number of benzene rings is 1. The summed E-state index contributed by atoms with van der Waals surface area (Å²) in [5, 5.41) is 7.55. The maximum Gasteiger partial charge on any atom is 0.271 e. The summed E-state index contributed by atoms with van der Waals surface area (Å²) in [5.74, 6) is 0.429. The van der Waals surface area contributed by atoms with Crippen molar-refractivity contribution in [2.75, 3.05) is 26.2 Å². The molecule has 6 heteroatoms. The first-order valence-electron chi connectivity index (χ1n) is 8.31. The molecule has 1 aliphatic rings. The van der Waals surface area contributed by atoms with Crippen LogP contribution >= 0.6 is 11.6 Å². The highest BCUT2D eigenvalue weighted by atomic mass is 35.5. The molecule has 1 fully saturated rings. The average Bonchev–Trinajstić information content (AvgIpc) is 3.13. The largest absolute Gasteiger partial charge is 0.349 e. The molecule has 1 saturated heterocycles. The molecule has 1 aromatic carbocycles. The van der Waals surface area contributed by atoms with Crippen LogP contribution in [0.5, 0.6) is 0 Å². The Labute approximate surface area is 147 Å². The highest BCUT2D eigenvalue weighted by Gasteiger charge is 2.24. The van der Waals surface area contributed by atoms with Crippen LogP contribution in [0.1, 0.15) is 34.1 Å². The average molecular weight is 347 g/mol. The molecule has 1 atom stereocenters. The molecule has 1 aliphatic heterocycles. The van der Waals surface area contributed by atoms with Gasteiger partial charge in [-0.2, -0.15) is 5.10 Å². The van der Waals surface area contributed by atoms with Crippen LogP contribution in [0.2, 0.25) is 5.02 Å². The van der Waals surface area contributed by atoms with E-state index in [-0.39, 0.29) is 5.91 Å². The number of aryl methyl sites for hydroxylation is 2. The summed E-state index contributed by atoms with van der Waals surface area (Å²) in [4.78, 5) is 14.7. The lowest BCUT2D eigenvalue weighted by Crippen LogP contribution is -2.34. The molecule has 2 aromatic rings. The smallest absolute Gasteiger partial charge is 0.271 e. The third kappa shape index (κ3) is 3.62. The fourth-order valence-electron chi connectivity index (χ4n) is 3.32. The van der Waals surface area contributed by atoms with Crippen molar-refractivity contribution in [3.05, 3.63) is 52.3 Å². The van der Waals surface area contributed by atoms with E-state index in [9.17, 15) is 4.79 Å². The van der Waals surface area contributed by atoms with E-state index in [0.29, 0.717) is 28.9 Å². The molecule has 128 valence electrons. The molecular weight excluding hydrogens is 324 g/mol. The van der Waals surface area contributed by atoms with Gasteiger partial charge in [-0.1, -0.05) is 41.9 Å². The molecular formula is C18H23ClN4O. The number of halogens is 1. The summed E-state index contributed by atoms with van der Waals surface area (Å²) in [6, 6.07) is 10.6. The molecule has 0 radical (unpaired) electrons. The third-order valence-corrected chi connectivity index (χ3v) is 5.07. The Morgan fingerprint density at radius 1 is 1.38 bits per heavy atom. The number of carbonyl (C=O) groups excluding carboxylic acids is 1. The number of likely N-dealkylation sites (tertiary alicyclic amines) is 1. The fourth-order valence-corrected chi connectivity index (χ4v) is 3.57. The van der Waals surface area contributed by atoms with E-state index in [2.05, 4.69) is 45.6 Å². The van der Waals surface area contributed by atoms with Crippen molar-refractivity contribution in [2.24, 2.45) is 7.05 Å². The highest BCUT2D eigenvalue weighted by Crippen LogP contribution is 2.26. The second kappa shape index (κ2) is 7.36. The van der Waals surface area contributed by atoms with Crippen molar-refractivity contribution in [2.45, 2.75) is 19.3 Å². The van der Waals surface area contributed by atoms with Crippen LogP contribution < -0.4 is 5.32 Å². The zero-order valence-electron chi connectivity index (χ0n) is 14.1. The van der Waals surface area contributed by atoms with Crippen LogP contribution in [-0.2, 0) is 7.05 Å². The summed E-state index contributed by atoms with van der Waals surface area (Å²) in [6.45, 7) is 5.38. The molecule has 0 spiro atoms. The Bertz CT molecular complexity index is 713. The minimum Gasteiger partial charge on any atom is -0.349 e. The van der Waals surface area contributed by atoms with Gasteiger partial charge >= 0.3 is 0 Å². The number of hydrogen-bond donors (Lipinski definition) is 1. The number of carbonyl (C=O) groups is 1. The summed E-state index contributed by atoms with van der Waals surface area (Å²) in [6.07, 6.45) is 1.17. The minimum absolute atomic E-state index is 0.165. The van der Waals surface area contributed by atoms with E-state index in [4.69, 9.17) is 11.6 Å². The minimum atomic E-state index is -0.165. The van der Waals surface area contributed by atoms with Crippen LogP contribution in [0.15, 0.2) is 30.3 Å². The summed E-state index contributed by atoms with van der Waals surface area (Å²) in [7, 11) is 1.73. The molecule has 2 heterocycles. The second-order valence-corrected chi connectivity index (χ2v) is 6.70. The number of nitrogens with one attached hydrogen (secondary N) is 1. The van der Waals surface area contributed by atoms with Crippen molar-refractivity contribution < 1.29 is 4.79 Å². The first-order valence-corrected chi connectivity index (χ1v) is 8.68. The molecule has 0 bridgehead atoms. The quantitative estimate of drug-likeness (QED) is 0.905. The standard InChI is InChI=1S/C18H23ClN4O/c1-13-16(19)17(22(2)21-13)18(24)20-9-11-23-10-8-15(12-23)14-6-4-3-5-7-14/h3-7,15H,8-12H2,1-2H3,(H,20,24). The Hall–Kier alpha value is -1.85. The predicted molar refractivity (Wildman–Crippen MR) is 95.5 cm³/mol. The number of hydrogen-bond acceptors (Lipinski definition) is 3. The van der Waals surface area contributed by atoms with Gasteiger partial charge in [0.25, 0.3) is 5.91 Å². The van der Waals surface area contributed by atoms with Gasteiger partial charge in [0, 0.05) is 26.7 Å². The Kier molecular flexibility index (Phi) is 5.21. The lowest BCUT2D eigenvalue weighted by atomic mass is 9.99. The van der Waals surface area contributed by atoms with Gasteiger partial charge < -0.3 is 10.2 Å². The zero-order valence-corrected chi connectivity index (χ0v) is 14.9. The maximum atomic E-state index is 12.3. The van der Waals surface area contributed by atoms with E-state index in [1.807, 2.05) is 0 Å². The molecule has 24 heavy (non-hydrogen) atoms. The normalized spacial score (nSPS) is 18.0. The molecule has 0 saturated carbocycles. The van der Waals surface area contributed by atoms with E-state index in [1.165, 1.54) is 16.7 Å². The fraction of sp³-hybridized carbons (Fsp3) is 0.444. The van der Waals surface area contributed by atoms with Gasteiger partial charge in [-0.05, 0) is 31.4 Å².